The van der Waals surface area contributed by atoms with E-state index in [2.05, 4.69) is 155 Å². The number of hydrogen-bond donors (Lipinski definition) is 0. The van der Waals surface area contributed by atoms with E-state index in [1.807, 2.05) is 24.3 Å². The van der Waals surface area contributed by atoms with E-state index in [1.54, 1.807) is 0 Å². The van der Waals surface area contributed by atoms with Gasteiger partial charge in [0.2, 0.25) is 0 Å². The van der Waals surface area contributed by atoms with E-state index in [0.717, 1.165) is 56.0 Å². The number of para-hydroxylation sites is 3. The van der Waals surface area contributed by atoms with Crippen molar-refractivity contribution >= 4 is 54.5 Å². The SMILES string of the molecule is c1ccc(-c2nc(-c3ccccc3)c3cc(-n4c5ccccc5c5c4ccc4c6ccccc6n(-c6ccccc6)c45)ccc3n2)cc1. The molecule has 224 valence electrons. The molecule has 4 nitrogen and oxygen atoms in total. The lowest BCUT2D eigenvalue weighted by Crippen LogP contribution is -1.98. The molecule has 0 aliphatic heterocycles. The van der Waals surface area contributed by atoms with Crippen LogP contribution in [0.3, 0.4) is 0 Å². The molecule has 0 bridgehead atoms. The molecule has 10 aromatic rings. The van der Waals surface area contributed by atoms with Gasteiger partial charge in [0.1, 0.15) is 0 Å². The van der Waals surface area contributed by atoms with Crippen molar-refractivity contribution in [2.45, 2.75) is 0 Å². The molecule has 0 radical (unpaired) electrons. The van der Waals surface area contributed by atoms with Gasteiger partial charge in [0.05, 0.1) is 33.3 Å². The Balaban J connectivity index is 1.30. The maximum atomic E-state index is 5.18. The minimum absolute atomic E-state index is 0.725. The fraction of sp³-hybridized carbons (Fsp3) is 0. The van der Waals surface area contributed by atoms with Crippen molar-refractivity contribution < 1.29 is 0 Å². The number of hydrogen-bond acceptors (Lipinski definition) is 2. The zero-order valence-electron chi connectivity index (χ0n) is 26.0. The van der Waals surface area contributed by atoms with E-state index in [0.29, 0.717) is 0 Å². The van der Waals surface area contributed by atoms with Gasteiger partial charge in [-0.25, -0.2) is 9.97 Å². The van der Waals surface area contributed by atoms with Gasteiger partial charge in [-0.2, -0.15) is 0 Å². The second kappa shape index (κ2) is 10.5. The summed E-state index contributed by atoms with van der Waals surface area (Å²) in [6.45, 7) is 0. The van der Waals surface area contributed by atoms with Gasteiger partial charge in [-0.05, 0) is 48.5 Å². The van der Waals surface area contributed by atoms with E-state index < -0.39 is 0 Å². The number of benzene rings is 7. The Kier molecular flexibility index (Phi) is 5.84. The molecule has 3 heterocycles. The molecule has 0 atom stereocenters. The number of nitrogens with zero attached hydrogens (tertiary/aromatic N) is 4. The summed E-state index contributed by atoms with van der Waals surface area (Å²) in [7, 11) is 0. The molecule has 0 saturated carbocycles. The van der Waals surface area contributed by atoms with Gasteiger partial charge in [-0.15, -0.1) is 0 Å². The third-order valence-corrected chi connectivity index (χ3v) is 9.50. The van der Waals surface area contributed by atoms with Crippen molar-refractivity contribution in [2.75, 3.05) is 0 Å². The van der Waals surface area contributed by atoms with Gasteiger partial charge in [0.25, 0.3) is 0 Å². The molecule has 4 heteroatoms. The quantitative estimate of drug-likeness (QED) is 0.198. The van der Waals surface area contributed by atoms with Crippen molar-refractivity contribution in [2.24, 2.45) is 0 Å². The molecule has 0 fully saturated rings. The van der Waals surface area contributed by atoms with Crippen LogP contribution in [0.5, 0.6) is 0 Å². The number of fused-ring (bicyclic) bond motifs is 8. The van der Waals surface area contributed by atoms with Crippen molar-refractivity contribution in [3.05, 3.63) is 170 Å². The van der Waals surface area contributed by atoms with Crippen LogP contribution in [0.25, 0.3) is 88.5 Å². The fourth-order valence-corrected chi connectivity index (χ4v) is 7.42. The first kappa shape index (κ1) is 26.7. The average Bonchev–Trinajstić information content (AvgIpc) is 3.68. The van der Waals surface area contributed by atoms with Gasteiger partial charge >= 0.3 is 0 Å². The molecule has 0 aliphatic rings. The normalized spacial score (nSPS) is 11.8. The van der Waals surface area contributed by atoms with Gasteiger partial charge in [0.15, 0.2) is 5.82 Å². The first-order chi connectivity index (χ1) is 23.8. The van der Waals surface area contributed by atoms with Crippen LogP contribution < -0.4 is 0 Å². The largest absolute Gasteiger partial charge is 0.309 e. The Labute approximate surface area is 276 Å². The minimum atomic E-state index is 0.725. The Morgan fingerprint density at radius 2 is 1.00 bits per heavy atom. The molecule has 0 saturated heterocycles. The van der Waals surface area contributed by atoms with Crippen LogP contribution in [-0.2, 0) is 0 Å². The van der Waals surface area contributed by atoms with Gasteiger partial charge in [-0.1, -0.05) is 121 Å². The first-order valence-corrected chi connectivity index (χ1v) is 16.3. The van der Waals surface area contributed by atoms with E-state index in [1.165, 1.54) is 32.6 Å². The van der Waals surface area contributed by atoms with Crippen LogP contribution in [0, 0.1) is 0 Å². The molecular weight excluding hydrogens is 585 g/mol. The van der Waals surface area contributed by atoms with Crippen LogP contribution >= 0.6 is 0 Å². The molecule has 0 unspecified atom stereocenters. The van der Waals surface area contributed by atoms with Crippen molar-refractivity contribution in [1.82, 2.24) is 19.1 Å². The van der Waals surface area contributed by atoms with Crippen LogP contribution in [0.1, 0.15) is 0 Å². The summed E-state index contributed by atoms with van der Waals surface area (Å²) in [4.78, 5) is 10.2. The van der Waals surface area contributed by atoms with E-state index in [-0.39, 0.29) is 0 Å². The highest BCUT2D eigenvalue weighted by molar-refractivity contribution is 6.26. The molecule has 10 rings (SSSR count). The summed E-state index contributed by atoms with van der Waals surface area (Å²) >= 11 is 0. The highest BCUT2D eigenvalue weighted by Crippen LogP contribution is 2.42. The van der Waals surface area contributed by atoms with E-state index in [9.17, 15) is 0 Å². The predicted molar refractivity (Wildman–Crippen MR) is 199 cm³/mol. The molecule has 48 heavy (non-hydrogen) atoms. The first-order valence-electron chi connectivity index (χ1n) is 16.3. The second-order valence-electron chi connectivity index (χ2n) is 12.2. The topological polar surface area (TPSA) is 35.6 Å². The lowest BCUT2D eigenvalue weighted by atomic mass is 10.0. The Morgan fingerprint density at radius 1 is 0.375 bits per heavy atom. The van der Waals surface area contributed by atoms with E-state index >= 15 is 0 Å². The lowest BCUT2D eigenvalue weighted by molar-refractivity contribution is 1.17. The number of aromatic nitrogens is 4. The van der Waals surface area contributed by atoms with Crippen molar-refractivity contribution in [1.29, 1.82) is 0 Å². The maximum Gasteiger partial charge on any atom is 0.160 e. The standard InChI is InChI=1S/C44H28N4/c1-4-14-29(15-5-1)42-36-28-32(24-26-37(36)45-44(46-42)30-16-6-2-7-17-30)47-39-23-13-11-21-35(39)41-40(47)27-25-34-33-20-10-12-22-38(33)48(43(34)41)31-18-8-3-9-19-31/h1-28H. The Bertz CT molecular complexity index is 2810. The Morgan fingerprint density at radius 3 is 1.75 bits per heavy atom. The van der Waals surface area contributed by atoms with Crippen molar-refractivity contribution in [3.63, 3.8) is 0 Å². The third kappa shape index (κ3) is 3.96. The lowest BCUT2D eigenvalue weighted by Gasteiger charge is -2.13. The zero-order valence-corrected chi connectivity index (χ0v) is 26.0. The molecule has 0 spiro atoms. The molecular formula is C44H28N4. The Hall–Kier alpha value is -6.52. The highest BCUT2D eigenvalue weighted by atomic mass is 15.0. The summed E-state index contributed by atoms with van der Waals surface area (Å²) < 4.78 is 4.83. The predicted octanol–water partition coefficient (Wildman–Crippen LogP) is 11.2. The molecule has 0 N–H and O–H groups in total. The number of rotatable bonds is 4. The third-order valence-electron chi connectivity index (χ3n) is 9.50. The molecule has 0 amide bonds. The van der Waals surface area contributed by atoms with Gasteiger partial charge in [0, 0.05) is 49.4 Å². The smallest absolute Gasteiger partial charge is 0.160 e. The minimum Gasteiger partial charge on any atom is -0.309 e. The van der Waals surface area contributed by atoms with Crippen LogP contribution in [0.2, 0.25) is 0 Å². The van der Waals surface area contributed by atoms with E-state index in [4.69, 9.17) is 9.97 Å². The van der Waals surface area contributed by atoms with Gasteiger partial charge in [-0.3, -0.25) is 0 Å². The molecule has 0 aliphatic carbocycles. The summed E-state index contributed by atoms with van der Waals surface area (Å²) in [5.74, 6) is 0.725. The second-order valence-corrected chi connectivity index (χ2v) is 12.2. The summed E-state index contributed by atoms with van der Waals surface area (Å²) in [5, 5.41) is 5.97. The summed E-state index contributed by atoms with van der Waals surface area (Å²) in [6.07, 6.45) is 0. The fourth-order valence-electron chi connectivity index (χ4n) is 7.42. The van der Waals surface area contributed by atoms with Gasteiger partial charge < -0.3 is 9.13 Å². The van der Waals surface area contributed by atoms with Crippen LogP contribution in [-0.4, -0.2) is 19.1 Å². The molecule has 7 aromatic carbocycles. The average molecular weight is 613 g/mol. The summed E-state index contributed by atoms with van der Waals surface area (Å²) in [6, 6.07) is 60.0. The van der Waals surface area contributed by atoms with Crippen LogP contribution in [0.15, 0.2) is 170 Å². The van der Waals surface area contributed by atoms with Crippen molar-refractivity contribution in [3.8, 4) is 34.0 Å². The van der Waals surface area contributed by atoms with Crippen LogP contribution in [0.4, 0.5) is 0 Å². The monoisotopic (exact) mass is 612 g/mol. The summed E-state index contributed by atoms with van der Waals surface area (Å²) in [5.41, 5.74) is 10.9. The zero-order chi connectivity index (χ0) is 31.6. The highest BCUT2D eigenvalue weighted by Gasteiger charge is 2.21. The molecule has 3 aromatic heterocycles. The maximum absolute atomic E-state index is 5.18.